The Hall–Kier alpha value is -4.21. The average molecular weight is 639 g/mol. The number of rotatable bonds is 3. The molecule has 47 heavy (non-hydrogen) atoms. The highest BCUT2D eigenvalue weighted by Crippen LogP contribution is 2.39. The van der Waals surface area contributed by atoms with E-state index in [1.807, 2.05) is 62.5 Å². The first kappa shape index (κ1) is 32.7. The molecule has 0 amide bonds. The van der Waals surface area contributed by atoms with E-state index in [4.69, 9.17) is 29.0 Å². The maximum Gasteiger partial charge on any atom is 0.339 e. The summed E-state index contributed by atoms with van der Waals surface area (Å²) in [5.74, 6) is 1.15. The van der Waals surface area contributed by atoms with Crippen LogP contribution in [0, 0.1) is 6.92 Å². The molecule has 1 fully saturated rings. The predicted octanol–water partition coefficient (Wildman–Crippen LogP) is 7.50. The molecule has 4 aromatic rings. The van der Waals surface area contributed by atoms with Crippen molar-refractivity contribution in [2.24, 2.45) is 0 Å². The highest BCUT2D eigenvalue weighted by Gasteiger charge is 2.38. The van der Waals surface area contributed by atoms with Gasteiger partial charge in [0.15, 0.2) is 11.8 Å². The molecule has 6 bridgehead atoms. The second kappa shape index (κ2) is 13.1. The Kier molecular flexibility index (Phi) is 9.14. The molecule has 0 saturated carbocycles. The van der Waals surface area contributed by atoms with E-state index in [1.54, 1.807) is 0 Å². The maximum atomic E-state index is 13.4. The van der Waals surface area contributed by atoms with Crippen molar-refractivity contribution in [3.63, 3.8) is 0 Å². The van der Waals surface area contributed by atoms with Crippen LogP contribution in [0.4, 0.5) is 5.82 Å². The Morgan fingerprint density at radius 2 is 1.79 bits per heavy atom. The van der Waals surface area contributed by atoms with Gasteiger partial charge in [-0.3, -0.25) is 0 Å². The Morgan fingerprint density at radius 3 is 2.53 bits per heavy atom. The van der Waals surface area contributed by atoms with Crippen LogP contribution in [-0.4, -0.2) is 64.7 Å². The number of ether oxygens (including phenoxy) is 4. The van der Waals surface area contributed by atoms with Crippen molar-refractivity contribution in [2.75, 3.05) is 31.7 Å². The van der Waals surface area contributed by atoms with Crippen LogP contribution in [-0.2, 0) is 19.0 Å². The summed E-state index contributed by atoms with van der Waals surface area (Å²) in [6.45, 7) is 14.0. The lowest BCUT2D eigenvalue weighted by molar-refractivity contribution is -0.164. The van der Waals surface area contributed by atoms with Gasteiger partial charge in [-0.25, -0.2) is 9.78 Å². The van der Waals surface area contributed by atoms with Crippen LogP contribution in [0.3, 0.4) is 0 Å². The zero-order chi connectivity index (χ0) is 33.3. The molecule has 248 valence electrons. The first-order chi connectivity index (χ1) is 22.4. The summed E-state index contributed by atoms with van der Waals surface area (Å²) in [7, 11) is 1.39. The molecule has 9 heteroatoms. The van der Waals surface area contributed by atoms with E-state index in [2.05, 4.69) is 55.2 Å². The van der Waals surface area contributed by atoms with Crippen LogP contribution >= 0.6 is 0 Å². The largest absolute Gasteiger partial charge is 0.490 e. The highest BCUT2D eigenvalue weighted by molar-refractivity contribution is 5.81. The molecule has 0 unspecified atom stereocenters. The zero-order valence-electron chi connectivity index (χ0n) is 28.6. The Morgan fingerprint density at radius 1 is 1.04 bits per heavy atom. The van der Waals surface area contributed by atoms with Gasteiger partial charge in [0.1, 0.15) is 11.6 Å². The minimum atomic E-state index is -0.984. The van der Waals surface area contributed by atoms with Crippen molar-refractivity contribution in [1.29, 1.82) is 0 Å². The normalized spacial score (nSPS) is 21.6. The van der Waals surface area contributed by atoms with Crippen molar-refractivity contribution in [1.82, 2.24) is 14.6 Å². The number of aromatic nitrogens is 3. The van der Waals surface area contributed by atoms with Crippen molar-refractivity contribution in [2.45, 2.75) is 84.2 Å². The quantitative estimate of drug-likeness (QED) is 0.168. The fourth-order valence-corrected chi connectivity index (χ4v) is 6.41. The van der Waals surface area contributed by atoms with Crippen molar-refractivity contribution >= 4 is 17.4 Å². The first-order valence-corrected chi connectivity index (χ1v) is 16.5. The number of benzene rings is 2. The van der Waals surface area contributed by atoms with Crippen LogP contribution in [0.25, 0.3) is 28.0 Å². The summed E-state index contributed by atoms with van der Waals surface area (Å²) < 4.78 is 26.5. The second-order valence-corrected chi connectivity index (χ2v) is 13.8. The molecule has 7 rings (SSSR count). The lowest BCUT2D eigenvalue weighted by atomic mass is 9.92. The van der Waals surface area contributed by atoms with Gasteiger partial charge < -0.3 is 23.8 Å². The predicted molar refractivity (Wildman–Crippen MR) is 184 cm³/mol. The number of nitrogens with zero attached hydrogens (tertiary/aromatic N) is 4. The fourth-order valence-electron chi connectivity index (χ4n) is 6.41. The molecule has 0 N–H and O–H groups in total. The Labute approximate surface area is 277 Å². The summed E-state index contributed by atoms with van der Waals surface area (Å²) in [4.78, 5) is 20.7. The van der Waals surface area contributed by atoms with Crippen LogP contribution < -0.4 is 9.64 Å². The van der Waals surface area contributed by atoms with Crippen LogP contribution in [0.5, 0.6) is 5.75 Å². The van der Waals surface area contributed by atoms with Gasteiger partial charge in [-0.2, -0.15) is 9.61 Å². The highest BCUT2D eigenvalue weighted by atomic mass is 16.6. The number of aryl methyl sites for hydroxylation is 1. The van der Waals surface area contributed by atoms with E-state index in [0.717, 1.165) is 53.2 Å². The van der Waals surface area contributed by atoms with E-state index in [0.29, 0.717) is 36.6 Å². The molecule has 1 saturated heterocycles. The molecule has 2 atom stereocenters. The summed E-state index contributed by atoms with van der Waals surface area (Å²) in [6.07, 6.45) is 5.63. The summed E-state index contributed by atoms with van der Waals surface area (Å²) in [5.41, 5.74) is 4.93. The number of piperidine rings is 1. The third-order valence-electron chi connectivity index (χ3n) is 8.92. The molecule has 5 heterocycles. The lowest BCUT2D eigenvalue weighted by Crippen LogP contribution is -2.45. The number of hydrogen-bond donors (Lipinski definition) is 0. The number of fused-ring (bicyclic) bond motifs is 7. The third-order valence-corrected chi connectivity index (χ3v) is 8.92. The standard InChI is InChI=1S/C38H46N4O5/c1-25-13-10-11-22-45-38(6)18-20-41(21-19-38)35-33(34(36(43)44-7)47-37(3,4)5)26(2)39-32-24-30(40-42(32)35)28-15-12-14-27(23-28)29-16-8-9-17-31(29)46-25/h8-12,14-17,23-25,34H,13,18-22H2,1-7H3/b11-10-/t25-,34+/m1/s1. The van der Waals surface area contributed by atoms with Gasteiger partial charge in [-0.05, 0) is 72.1 Å². The van der Waals surface area contributed by atoms with Gasteiger partial charge in [0.25, 0.3) is 0 Å². The molecule has 0 spiro atoms. The molecule has 2 aromatic carbocycles. The van der Waals surface area contributed by atoms with Gasteiger partial charge in [-0.15, -0.1) is 0 Å². The number of hydrogen-bond acceptors (Lipinski definition) is 8. The Bertz CT molecular complexity index is 1780. The third kappa shape index (κ3) is 7.06. The molecule has 9 nitrogen and oxygen atoms in total. The molecule has 2 aromatic heterocycles. The first-order valence-electron chi connectivity index (χ1n) is 16.5. The van der Waals surface area contributed by atoms with Gasteiger partial charge >= 0.3 is 5.97 Å². The minimum absolute atomic E-state index is 0.00328. The zero-order valence-corrected chi connectivity index (χ0v) is 28.6. The number of esters is 1. The lowest BCUT2D eigenvalue weighted by Gasteiger charge is -2.41. The molecule has 3 aliphatic heterocycles. The minimum Gasteiger partial charge on any atom is -0.490 e. The van der Waals surface area contributed by atoms with Gasteiger partial charge in [-0.1, -0.05) is 48.6 Å². The fraction of sp³-hybridized carbons (Fsp3) is 0.447. The van der Waals surface area contributed by atoms with E-state index < -0.39 is 17.7 Å². The molecule has 0 radical (unpaired) electrons. The van der Waals surface area contributed by atoms with E-state index in [1.165, 1.54) is 7.11 Å². The van der Waals surface area contributed by atoms with Crippen molar-refractivity contribution in [3.8, 4) is 28.1 Å². The molecule has 0 aliphatic carbocycles. The van der Waals surface area contributed by atoms with Crippen molar-refractivity contribution in [3.05, 3.63) is 78.0 Å². The number of methoxy groups -OCH3 is 1. The number of carbonyl (C=O) groups is 1. The summed E-state index contributed by atoms with van der Waals surface area (Å²) in [6, 6.07) is 18.5. The average Bonchev–Trinajstić information content (AvgIpc) is 3.46. The van der Waals surface area contributed by atoms with Crippen LogP contribution in [0.1, 0.15) is 71.2 Å². The van der Waals surface area contributed by atoms with E-state index in [9.17, 15) is 4.79 Å². The van der Waals surface area contributed by atoms with Crippen molar-refractivity contribution < 1.29 is 23.7 Å². The van der Waals surface area contributed by atoms with E-state index in [-0.39, 0.29) is 11.7 Å². The van der Waals surface area contributed by atoms with Crippen LogP contribution in [0.15, 0.2) is 66.7 Å². The van der Waals surface area contributed by atoms with Gasteiger partial charge in [0.05, 0.1) is 42.3 Å². The maximum absolute atomic E-state index is 13.4. The summed E-state index contributed by atoms with van der Waals surface area (Å²) in [5, 5.41) is 5.16. The number of para-hydroxylation sites is 1. The van der Waals surface area contributed by atoms with Gasteiger partial charge in [0.2, 0.25) is 0 Å². The molecular formula is C38H46N4O5. The topological polar surface area (TPSA) is 87.4 Å². The monoisotopic (exact) mass is 638 g/mol. The second-order valence-electron chi connectivity index (χ2n) is 13.8. The van der Waals surface area contributed by atoms with Crippen LogP contribution in [0.2, 0.25) is 0 Å². The van der Waals surface area contributed by atoms with Gasteiger partial charge in [0, 0.05) is 42.4 Å². The molecule has 3 aliphatic rings. The number of carbonyl (C=O) groups excluding carboxylic acids is 1. The molecular weight excluding hydrogens is 592 g/mol. The SMILES string of the molecule is COC(=O)[C@@H](OC(C)(C)C)c1c(C)nc2cc3nn2c1N1CCC(C)(CC1)OC/C=C\C[C@@H](C)Oc1ccccc1-c1cccc-3c1. The summed E-state index contributed by atoms with van der Waals surface area (Å²) >= 11 is 0. The van der Waals surface area contributed by atoms with E-state index >= 15 is 0 Å². The number of anilines is 1. The smallest absolute Gasteiger partial charge is 0.339 e. The Balaban J connectivity index is 1.54.